The molecule has 0 radical (unpaired) electrons. The van der Waals surface area contributed by atoms with E-state index in [1.165, 1.54) is 19.3 Å². The summed E-state index contributed by atoms with van der Waals surface area (Å²) in [4.78, 5) is 11.6. The molecule has 1 amide bonds. The Morgan fingerprint density at radius 1 is 1.22 bits per heavy atom. The van der Waals surface area contributed by atoms with Crippen molar-refractivity contribution in [3.8, 4) is 0 Å². The summed E-state index contributed by atoms with van der Waals surface area (Å²) in [6.07, 6.45) is 8.12. The SMILES string of the molecule is O=C(CC1CCC1)NCCCOC1CCNCC1. The van der Waals surface area contributed by atoms with Gasteiger partial charge >= 0.3 is 0 Å². The van der Waals surface area contributed by atoms with Gasteiger partial charge in [0.2, 0.25) is 5.91 Å². The third-order valence-electron chi connectivity index (χ3n) is 3.98. The summed E-state index contributed by atoms with van der Waals surface area (Å²) in [5, 5.41) is 6.31. The van der Waals surface area contributed by atoms with Crippen molar-refractivity contribution in [1.82, 2.24) is 10.6 Å². The molecule has 0 atom stereocenters. The zero-order valence-corrected chi connectivity index (χ0v) is 11.2. The standard InChI is InChI=1S/C14H26N2O2/c17-14(11-12-3-1-4-12)16-7-2-10-18-13-5-8-15-9-6-13/h12-13,15H,1-11H2,(H,16,17). The molecule has 0 spiro atoms. The van der Waals surface area contributed by atoms with Crippen LogP contribution in [0.5, 0.6) is 0 Å². The molecule has 2 fully saturated rings. The molecular weight excluding hydrogens is 228 g/mol. The number of nitrogens with one attached hydrogen (secondary N) is 2. The molecule has 0 unspecified atom stereocenters. The highest BCUT2D eigenvalue weighted by Gasteiger charge is 2.20. The highest BCUT2D eigenvalue weighted by Crippen LogP contribution is 2.28. The van der Waals surface area contributed by atoms with E-state index in [-0.39, 0.29) is 5.91 Å². The maximum atomic E-state index is 11.6. The Morgan fingerprint density at radius 3 is 2.67 bits per heavy atom. The molecule has 18 heavy (non-hydrogen) atoms. The minimum atomic E-state index is 0.224. The summed E-state index contributed by atoms with van der Waals surface area (Å²) in [6.45, 7) is 3.68. The summed E-state index contributed by atoms with van der Waals surface area (Å²) >= 11 is 0. The van der Waals surface area contributed by atoms with Crippen LogP contribution in [0.1, 0.15) is 44.9 Å². The minimum Gasteiger partial charge on any atom is -0.378 e. The van der Waals surface area contributed by atoms with Gasteiger partial charge in [-0.3, -0.25) is 4.79 Å². The molecule has 0 aromatic heterocycles. The van der Waals surface area contributed by atoms with Crippen LogP contribution in [0.3, 0.4) is 0 Å². The first-order chi connectivity index (χ1) is 8.84. The third-order valence-corrected chi connectivity index (χ3v) is 3.98. The Hall–Kier alpha value is -0.610. The van der Waals surface area contributed by atoms with E-state index in [2.05, 4.69) is 10.6 Å². The summed E-state index contributed by atoms with van der Waals surface area (Å²) < 4.78 is 5.79. The largest absolute Gasteiger partial charge is 0.378 e. The molecule has 0 bridgehead atoms. The van der Waals surface area contributed by atoms with Crippen molar-refractivity contribution in [2.75, 3.05) is 26.2 Å². The maximum Gasteiger partial charge on any atom is 0.220 e. The Morgan fingerprint density at radius 2 is 2.00 bits per heavy atom. The maximum absolute atomic E-state index is 11.6. The highest BCUT2D eigenvalue weighted by molar-refractivity contribution is 5.76. The number of hydrogen-bond acceptors (Lipinski definition) is 3. The predicted octanol–water partition coefficient (Wildman–Crippen LogP) is 1.45. The van der Waals surface area contributed by atoms with Crippen molar-refractivity contribution < 1.29 is 9.53 Å². The lowest BCUT2D eigenvalue weighted by Gasteiger charge is -2.24. The molecule has 2 rings (SSSR count). The zero-order chi connectivity index (χ0) is 12.6. The summed E-state index contributed by atoms with van der Waals surface area (Å²) in [5.41, 5.74) is 0. The van der Waals surface area contributed by atoms with E-state index in [0.717, 1.165) is 51.9 Å². The number of hydrogen-bond donors (Lipinski definition) is 2. The average molecular weight is 254 g/mol. The van der Waals surface area contributed by atoms with E-state index < -0.39 is 0 Å². The van der Waals surface area contributed by atoms with E-state index in [1.807, 2.05) is 0 Å². The van der Waals surface area contributed by atoms with Gasteiger partial charge in [-0.2, -0.15) is 0 Å². The summed E-state index contributed by atoms with van der Waals surface area (Å²) in [7, 11) is 0. The van der Waals surface area contributed by atoms with E-state index in [1.54, 1.807) is 0 Å². The first-order valence-electron chi connectivity index (χ1n) is 7.43. The van der Waals surface area contributed by atoms with Crippen LogP contribution < -0.4 is 10.6 Å². The van der Waals surface area contributed by atoms with Crippen molar-refractivity contribution in [3.63, 3.8) is 0 Å². The average Bonchev–Trinajstić information content (AvgIpc) is 2.35. The Kier molecular flexibility index (Phi) is 5.94. The van der Waals surface area contributed by atoms with Gasteiger partial charge in [0.15, 0.2) is 0 Å². The van der Waals surface area contributed by atoms with Gasteiger partial charge in [0.05, 0.1) is 6.10 Å². The van der Waals surface area contributed by atoms with E-state index in [9.17, 15) is 4.79 Å². The summed E-state index contributed by atoms with van der Waals surface area (Å²) in [5.74, 6) is 0.887. The molecule has 1 heterocycles. The van der Waals surface area contributed by atoms with Crippen LogP contribution in [0, 0.1) is 5.92 Å². The molecule has 104 valence electrons. The fourth-order valence-electron chi connectivity index (χ4n) is 2.54. The molecule has 1 aliphatic heterocycles. The molecule has 4 nitrogen and oxygen atoms in total. The van der Waals surface area contributed by atoms with Crippen LogP contribution in [0.15, 0.2) is 0 Å². The molecule has 2 aliphatic rings. The smallest absolute Gasteiger partial charge is 0.220 e. The van der Waals surface area contributed by atoms with Gasteiger partial charge in [-0.15, -0.1) is 0 Å². The van der Waals surface area contributed by atoms with Gasteiger partial charge in [-0.1, -0.05) is 6.42 Å². The van der Waals surface area contributed by atoms with Crippen LogP contribution in [0.4, 0.5) is 0 Å². The van der Waals surface area contributed by atoms with Crippen LogP contribution in [-0.4, -0.2) is 38.3 Å². The molecule has 1 saturated heterocycles. The van der Waals surface area contributed by atoms with Gasteiger partial charge in [0.1, 0.15) is 0 Å². The second kappa shape index (κ2) is 7.74. The first kappa shape index (κ1) is 13.8. The number of rotatable bonds is 7. The van der Waals surface area contributed by atoms with Crippen molar-refractivity contribution in [2.24, 2.45) is 5.92 Å². The summed E-state index contributed by atoms with van der Waals surface area (Å²) in [6, 6.07) is 0. The molecule has 0 aromatic carbocycles. The molecule has 1 saturated carbocycles. The van der Waals surface area contributed by atoms with Gasteiger partial charge in [0, 0.05) is 19.6 Å². The Bertz CT molecular complexity index is 248. The fraction of sp³-hybridized carbons (Fsp3) is 0.929. The molecular formula is C14H26N2O2. The van der Waals surface area contributed by atoms with E-state index in [0.29, 0.717) is 12.0 Å². The van der Waals surface area contributed by atoms with E-state index in [4.69, 9.17) is 4.74 Å². The van der Waals surface area contributed by atoms with Gasteiger partial charge in [-0.25, -0.2) is 0 Å². The Labute approximate surface area is 110 Å². The zero-order valence-electron chi connectivity index (χ0n) is 11.2. The first-order valence-corrected chi connectivity index (χ1v) is 7.43. The Balaban J connectivity index is 1.41. The van der Waals surface area contributed by atoms with Crippen LogP contribution in [0.25, 0.3) is 0 Å². The van der Waals surface area contributed by atoms with E-state index >= 15 is 0 Å². The van der Waals surface area contributed by atoms with Gasteiger partial charge < -0.3 is 15.4 Å². The lowest BCUT2D eigenvalue weighted by atomic mass is 9.83. The number of carbonyl (C=O) groups excluding carboxylic acids is 1. The van der Waals surface area contributed by atoms with Gasteiger partial charge in [0.25, 0.3) is 0 Å². The fourth-order valence-corrected chi connectivity index (χ4v) is 2.54. The second-order valence-corrected chi connectivity index (χ2v) is 5.52. The van der Waals surface area contributed by atoms with Crippen molar-refractivity contribution >= 4 is 5.91 Å². The third kappa shape index (κ3) is 4.94. The lowest BCUT2D eigenvalue weighted by molar-refractivity contribution is -0.122. The molecule has 1 aliphatic carbocycles. The number of piperidine rings is 1. The molecule has 4 heteroatoms. The quantitative estimate of drug-likeness (QED) is 0.676. The molecule has 0 aromatic rings. The van der Waals surface area contributed by atoms with Crippen molar-refractivity contribution in [1.29, 1.82) is 0 Å². The number of carbonyl (C=O) groups is 1. The van der Waals surface area contributed by atoms with Crippen LogP contribution in [-0.2, 0) is 9.53 Å². The van der Waals surface area contributed by atoms with Crippen LogP contribution >= 0.6 is 0 Å². The monoisotopic (exact) mass is 254 g/mol. The van der Waals surface area contributed by atoms with Crippen molar-refractivity contribution in [2.45, 2.75) is 51.0 Å². The predicted molar refractivity (Wildman–Crippen MR) is 71.4 cm³/mol. The normalized spacial score (nSPS) is 21.6. The topological polar surface area (TPSA) is 50.4 Å². The van der Waals surface area contributed by atoms with Crippen LogP contribution in [0.2, 0.25) is 0 Å². The van der Waals surface area contributed by atoms with Crippen molar-refractivity contribution in [3.05, 3.63) is 0 Å². The minimum absolute atomic E-state index is 0.224. The second-order valence-electron chi connectivity index (χ2n) is 5.52. The number of ether oxygens (including phenoxy) is 1. The molecule has 2 N–H and O–H groups in total. The van der Waals surface area contributed by atoms with Gasteiger partial charge in [-0.05, 0) is 51.1 Å². The highest BCUT2D eigenvalue weighted by atomic mass is 16.5. The number of amides is 1. The lowest BCUT2D eigenvalue weighted by Crippen LogP contribution is -2.33.